The summed E-state index contributed by atoms with van der Waals surface area (Å²) < 4.78 is 41.4. The molecule has 3 aromatic rings. The molecule has 4 rings (SSSR count). The fraction of sp³-hybridized carbons (Fsp3) is 0.118. The van der Waals surface area contributed by atoms with Crippen molar-refractivity contribution in [2.24, 2.45) is 4.99 Å². The van der Waals surface area contributed by atoms with Gasteiger partial charge in [-0.3, -0.25) is 15.2 Å². The Labute approximate surface area is 145 Å². The van der Waals surface area contributed by atoms with E-state index in [1.807, 2.05) is 0 Å². The van der Waals surface area contributed by atoms with Gasteiger partial charge in [-0.2, -0.15) is 0 Å². The van der Waals surface area contributed by atoms with E-state index in [1.54, 1.807) is 18.2 Å². The second kappa shape index (κ2) is 5.87. The number of halogens is 3. The third-order valence-corrected chi connectivity index (χ3v) is 4.25. The molecule has 26 heavy (non-hydrogen) atoms. The number of rotatable bonds is 2. The Kier molecular flexibility index (Phi) is 3.64. The number of hydrogen-bond acceptors (Lipinski definition) is 3. The van der Waals surface area contributed by atoms with E-state index in [4.69, 9.17) is 0 Å². The lowest BCUT2D eigenvalue weighted by Crippen LogP contribution is -2.30. The lowest BCUT2D eigenvalue weighted by molar-refractivity contribution is 0.252. The van der Waals surface area contributed by atoms with Crippen LogP contribution in [-0.2, 0) is 0 Å². The highest BCUT2D eigenvalue weighted by Gasteiger charge is 2.40. The Morgan fingerprint density at radius 3 is 2.73 bits per heavy atom. The molecule has 132 valence electrons. The molecule has 0 radical (unpaired) electrons. The molecule has 1 fully saturated rings. The van der Waals surface area contributed by atoms with Crippen LogP contribution in [0.25, 0.3) is 11.0 Å². The van der Waals surface area contributed by atoms with E-state index in [0.29, 0.717) is 11.2 Å². The highest BCUT2D eigenvalue weighted by atomic mass is 19.2. The van der Waals surface area contributed by atoms with Crippen molar-refractivity contribution in [1.29, 1.82) is 0 Å². The van der Waals surface area contributed by atoms with Crippen LogP contribution in [0.3, 0.4) is 0 Å². The van der Waals surface area contributed by atoms with E-state index in [1.165, 1.54) is 18.3 Å². The number of hydrogen-bond donors (Lipinski definition) is 2. The zero-order valence-electron chi connectivity index (χ0n) is 13.4. The van der Waals surface area contributed by atoms with Crippen molar-refractivity contribution in [1.82, 2.24) is 15.3 Å². The highest BCUT2D eigenvalue weighted by molar-refractivity contribution is 6.16. The number of amidine groups is 1. The van der Waals surface area contributed by atoms with E-state index in [0.717, 1.165) is 17.6 Å². The van der Waals surface area contributed by atoms with E-state index in [9.17, 15) is 18.0 Å². The average molecular weight is 359 g/mol. The van der Waals surface area contributed by atoms with Crippen LogP contribution in [0.5, 0.6) is 0 Å². The van der Waals surface area contributed by atoms with E-state index in [2.05, 4.69) is 20.3 Å². The van der Waals surface area contributed by atoms with Gasteiger partial charge in [-0.25, -0.2) is 22.9 Å². The van der Waals surface area contributed by atoms with Crippen LogP contribution in [0, 0.1) is 17.5 Å². The lowest BCUT2D eigenvalue weighted by Gasteiger charge is -2.24. The number of aliphatic imine (C=N–C) groups is 1. The highest BCUT2D eigenvalue weighted by Crippen LogP contribution is 2.35. The first-order valence-electron chi connectivity index (χ1n) is 7.64. The first-order chi connectivity index (χ1) is 12.5. The van der Waals surface area contributed by atoms with Crippen LogP contribution in [0.15, 0.2) is 41.7 Å². The predicted molar refractivity (Wildman–Crippen MR) is 89.5 cm³/mol. The molecule has 1 saturated heterocycles. The summed E-state index contributed by atoms with van der Waals surface area (Å²) in [4.78, 5) is 24.7. The summed E-state index contributed by atoms with van der Waals surface area (Å²) in [5.41, 5.74) is 1.56. The molecule has 9 heteroatoms. The fourth-order valence-electron chi connectivity index (χ4n) is 3.03. The van der Waals surface area contributed by atoms with Crippen molar-refractivity contribution in [3.8, 4) is 0 Å². The summed E-state index contributed by atoms with van der Waals surface area (Å²) >= 11 is 0. The Bertz CT molecular complexity index is 1060. The van der Waals surface area contributed by atoms with Gasteiger partial charge in [-0.15, -0.1) is 0 Å². The SMILES string of the molecule is C/N=C1/NC(=O)N(c2ccc3[nH]cnc3c2)C1c1ccc(F)c(F)c1F. The largest absolute Gasteiger partial charge is 0.345 e. The van der Waals surface area contributed by atoms with Gasteiger partial charge >= 0.3 is 6.03 Å². The maximum absolute atomic E-state index is 14.4. The molecule has 2 N–H and O–H groups in total. The Balaban J connectivity index is 1.89. The monoisotopic (exact) mass is 359 g/mol. The maximum Gasteiger partial charge on any atom is 0.328 e. The van der Waals surface area contributed by atoms with E-state index >= 15 is 0 Å². The van der Waals surface area contributed by atoms with Crippen LogP contribution in [-0.4, -0.2) is 28.9 Å². The van der Waals surface area contributed by atoms with Crippen LogP contribution < -0.4 is 10.2 Å². The van der Waals surface area contributed by atoms with Crippen molar-refractivity contribution in [3.05, 3.63) is 59.7 Å². The first kappa shape index (κ1) is 16.1. The number of benzene rings is 2. The van der Waals surface area contributed by atoms with Crippen molar-refractivity contribution in [2.45, 2.75) is 6.04 Å². The van der Waals surface area contributed by atoms with Gasteiger partial charge in [0.05, 0.1) is 17.4 Å². The Morgan fingerprint density at radius 1 is 1.15 bits per heavy atom. The molecule has 1 atom stereocenters. The number of nitrogens with zero attached hydrogens (tertiary/aromatic N) is 3. The predicted octanol–water partition coefficient (Wildman–Crippen LogP) is 3.28. The zero-order chi connectivity index (χ0) is 18.4. The van der Waals surface area contributed by atoms with Gasteiger partial charge in [0, 0.05) is 18.3 Å². The van der Waals surface area contributed by atoms with Crippen molar-refractivity contribution in [2.75, 3.05) is 11.9 Å². The van der Waals surface area contributed by atoms with Crippen LogP contribution >= 0.6 is 0 Å². The number of nitrogens with one attached hydrogen (secondary N) is 2. The molecule has 6 nitrogen and oxygen atoms in total. The Morgan fingerprint density at radius 2 is 1.96 bits per heavy atom. The minimum Gasteiger partial charge on any atom is -0.345 e. The minimum absolute atomic E-state index is 0.127. The van der Waals surface area contributed by atoms with Crippen LogP contribution in [0.1, 0.15) is 11.6 Å². The zero-order valence-corrected chi connectivity index (χ0v) is 13.4. The summed E-state index contributed by atoms with van der Waals surface area (Å²) in [6, 6.07) is 5.29. The number of aromatic amines is 1. The van der Waals surface area contributed by atoms with Crippen molar-refractivity contribution < 1.29 is 18.0 Å². The van der Waals surface area contributed by atoms with E-state index < -0.39 is 29.5 Å². The number of anilines is 1. The standard InChI is InChI=1S/C17H12F3N5O/c1-21-16-15(9-3-4-10(18)14(20)13(9)19)25(17(26)24-16)8-2-5-11-12(6-8)23-7-22-11/h2-7,15H,1H3,(H,22,23)(H,21,24,26). The number of H-pyrrole nitrogens is 1. The van der Waals surface area contributed by atoms with Gasteiger partial charge in [0.15, 0.2) is 17.5 Å². The van der Waals surface area contributed by atoms with E-state index in [-0.39, 0.29) is 11.4 Å². The molecular formula is C17H12F3N5O. The summed E-state index contributed by atoms with van der Waals surface area (Å²) in [7, 11) is 1.42. The third-order valence-electron chi connectivity index (χ3n) is 4.25. The van der Waals surface area contributed by atoms with Crippen molar-refractivity contribution >= 4 is 28.6 Å². The second-order valence-electron chi connectivity index (χ2n) is 5.68. The molecule has 0 spiro atoms. The Hall–Kier alpha value is -3.36. The molecule has 1 aliphatic heterocycles. The second-order valence-corrected chi connectivity index (χ2v) is 5.68. The number of aromatic nitrogens is 2. The normalized spacial score (nSPS) is 18.8. The van der Waals surface area contributed by atoms with Crippen LogP contribution in [0.4, 0.5) is 23.7 Å². The number of urea groups is 1. The van der Waals surface area contributed by atoms with Gasteiger partial charge in [0.2, 0.25) is 0 Å². The van der Waals surface area contributed by atoms with Gasteiger partial charge in [0.25, 0.3) is 0 Å². The minimum atomic E-state index is -1.60. The number of carbonyl (C=O) groups excluding carboxylic acids is 1. The average Bonchev–Trinajstić information content (AvgIpc) is 3.23. The summed E-state index contributed by atoms with van der Waals surface area (Å²) in [5, 5.41) is 2.53. The molecule has 1 unspecified atom stereocenters. The molecule has 2 aromatic carbocycles. The fourth-order valence-corrected chi connectivity index (χ4v) is 3.03. The smallest absolute Gasteiger partial charge is 0.328 e. The van der Waals surface area contributed by atoms with Gasteiger partial charge in [0.1, 0.15) is 11.9 Å². The third kappa shape index (κ3) is 2.32. The summed E-state index contributed by atoms with van der Waals surface area (Å²) in [6.07, 6.45) is 1.50. The molecule has 0 saturated carbocycles. The number of carbonyl (C=O) groups is 1. The molecule has 2 heterocycles. The summed E-state index contributed by atoms with van der Waals surface area (Å²) in [6.45, 7) is 0. The number of amides is 2. The van der Waals surface area contributed by atoms with Crippen LogP contribution in [0.2, 0.25) is 0 Å². The first-order valence-corrected chi connectivity index (χ1v) is 7.64. The molecule has 0 bridgehead atoms. The maximum atomic E-state index is 14.4. The van der Waals surface area contributed by atoms with Crippen molar-refractivity contribution in [3.63, 3.8) is 0 Å². The molecular weight excluding hydrogens is 347 g/mol. The van der Waals surface area contributed by atoms with Gasteiger partial charge in [-0.05, 0) is 24.3 Å². The topological polar surface area (TPSA) is 73.4 Å². The molecule has 1 aromatic heterocycles. The quantitative estimate of drug-likeness (QED) is 0.689. The molecule has 2 amide bonds. The molecule has 1 aliphatic rings. The summed E-state index contributed by atoms with van der Waals surface area (Å²) in [5.74, 6) is -4.14. The van der Waals surface area contributed by atoms with Gasteiger partial charge in [-0.1, -0.05) is 6.07 Å². The lowest BCUT2D eigenvalue weighted by atomic mass is 10.0. The number of fused-ring (bicyclic) bond motifs is 1. The number of imidazole rings is 1. The van der Waals surface area contributed by atoms with Gasteiger partial charge < -0.3 is 4.98 Å². The molecule has 0 aliphatic carbocycles.